The van der Waals surface area contributed by atoms with Crippen LogP contribution < -0.4 is 15.7 Å². The van der Waals surface area contributed by atoms with Crippen molar-refractivity contribution in [1.29, 1.82) is 0 Å². The average Bonchev–Trinajstić information content (AvgIpc) is 3.18. The number of benzene rings is 1. The minimum absolute atomic E-state index is 0.0671. The molecule has 132 valence electrons. The fourth-order valence-electron chi connectivity index (χ4n) is 3.28. The summed E-state index contributed by atoms with van der Waals surface area (Å²) in [6.45, 7) is 1.41. The van der Waals surface area contributed by atoms with Gasteiger partial charge in [-0.2, -0.15) is 0 Å². The number of sulfonamides is 1. The highest BCUT2D eigenvalue weighted by Crippen LogP contribution is 2.31. The zero-order valence-electron chi connectivity index (χ0n) is 13.3. The van der Waals surface area contributed by atoms with Gasteiger partial charge in [0, 0.05) is 19.1 Å². The van der Waals surface area contributed by atoms with Gasteiger partial charge in [-0.3, -0.25) is 4.57 Å². The Morgan fingerprint density at radius 1 is 1.24 bits per heavy atom. The van der Waals surface area contributed by atoms with Gasteiger partial charge in [-0.05, 0) is 25.0 Å². The zero-order chi connectivity index (χ0) is 17.6. The van der Waals surface area contributed by atoms with E-state index in [0.717, 1.165) is 35.2 Å². The number of rotatable bonds is 3. The van der Waals surface area contributed by atoms with Gasteiger partial charge in [0.1, 0.15) is 0 Å². The average molecular weight is 379 g/mol. The van der Waals surface area contributed by atoms with Crippen LogP contribution in [-0.4, -0.2) is 36.0 Å². The van der Waals surface area contributed by atoms with Crippen LogP contribution in [0.25, 0.3) is 11.0 Å². The first-order chi connectivity index (χ1) is 11.9. The molecule has 3 N–H and O–H groups in total. The number of primary sulfonamides is 1. The minimum atomic E-state index is -3.72. The SMILES string of the molecule is NS(=O)(=O)c1cnc(N2CCC(n3c(=O)[nH]c4ccccc43)CC2)s1. The molecule has 0 spiro atoms. The molecule has 2 aromatic heterocycles. The maximum absolute atomic E-state index is 12.3. The number of nitrogens with two attached hydrogens (primary N) is 1. The number of nitrogens with one attached hydrogen (secondary N) is 1. The molecular formula is C15H17N5O3S2. The molecule has 3 aromatic rings. The normalized spacial score (nSPS) is 16.6. The number of anilines is 1. The third-order valence-electron chi connectivity index (χ3n) is 4.48. The number of H-pyrrole nitrogens is 1. The number of hydrogen-bond donors (Lipinski definition) is 2. The predicted molar refractivity (Wildman–Crippen MR) is 96.5 cm³/mol. The molecule has 25 heavy (non-hydrogen) atoms. The summed E-state index contributed by atoms with van der Waals surface area (Å²) in [6.07, 6.45) is 2.86. The maximum Gasteiger partial charge on any atom is 0.326 e. The molecule has 0 amide bonds. The van der Waals surface area contributed by atoms with Crippen molar-refractivity contribution in [2.45, 2.75) is 23.1 Å². The minimum Gasteiger partial charge on any atom is -0.348 e. The number of thiazole rings is 1. The lowest BCUT2D eigenvalue weighted by Crippen LogP contribution is -2.36. The van der Waals surface area contributed by atoms with Gasteiger partial charge in [0.15, 0.2) is 9.34 Å². The number of piperidine rings is 1. The summed E-state index contributed by atoms with van der Waals surface area (Å²) in [5, 5.41) is 5.78. The molecule has 4 rings (SSSR count). The monoisotopic (exact) mass is 379 g/mol. The van der Waals surface area contributed by atoms with Gasteiger partial charge in [-0.25, -0.2) is 23.3 Å². The molecule has 1 aliphatic rings. The second-order valence-corrected chi connectivity index (χ2v) is 8.84. The molecule has 0 unspecified atom stereocenters. The van der Waals surface area contributed by atoms with E-state index >= 15 is 0 Å². The lowest BCUT2D eigenvalue weighted by Gasteiger charge is -2.32. The molecule has 1 saturated heterocycles. The smallest absolute Gasteiger partial charge is 0.326 e. The Bertz CT molecular complexity index is 1070. The van der Waals surface area contributed by atoms with Gasteiger partial charge in [0.05, 0.1) is 17.2 Å². The number of para-hydroxylation sites is 2. The van der Waals surface area contributed by atoms with Crippen LogP contribution in [0.5, 0.6) is 0 Å². The third-order valence-corrected chi connectivity index (χ3v) is 6.94. The van der Waals surface area contributed by atoms with Crippen molar-refractivity contribution >= 4 is 37.5 Å². The molecule has 0 atom stereocenters. The summed E-state index contributed by atoms with van der Waals surface area (Å²) in [7, 11) is -3.72. The molecule has 0 saturated carbocycles. The Balaban J connectivity index is 1.54. The number of hydrogen-bond acceptors (Lipinski definition) is 6. The molecule has 0 aliphatic carbocycles. The van der Waals surface area contributed by atoms with Crippen LogP contribution in [0.15, 0.2) is 39.5 Å². The summed E-state index contributed by atoms with van der Waals surface area (Å²) >= 11 is 1.08. The van der Waals surface area contributed by atoms with E-state index in [1.165, 1.54) is 6.20 Å². The lowest BCUT2D eigenvalue weighted by atomic mass is 10.1. The first kappa shape index (κ1) is 16.3. The number of nitrogens with zero attached hydrogens (tertiary/aromatic N) is 3. The van der Waals surface area contributed by atoms with Crippen molar-refractivity contribution in [1.82, 2.24) is 14.5 Å². The molecule has 0 bridgehead atoms. The van der Waals surface area contributed by atoms with Crippen LogP contribution in [0.3, 0.4) is 0 Å². The van der Waals surface area contributed by atoms with Crippen LogP contribution in [0.4, 0.5) is 5.13 Å². The summed E-state index contributed by atoms with van der Waals surface area (Å²) in [5.74, 6) is 0. The third kappa shape index (κ3) is 2.96. The second-order valence-electron chi connectivity index (χ2n) is 6.04. The molecule has 10 heteroatoms. The molecule has 1 aliphatic heterocycles. The fraction of sp³-hybridized carbons (Fsp3) is 0.333. The van der Waals surface area contributed by atoms with Crippen molar-refractivity contribution in [2.24, 2.45) is 5.14 Å². The lowest BCUT2D eigenvalue weighted by molar-refractivity contribution is 0.396. The number of imidazole rings is 1. The van der Waals surface area contributed by atoms with Gasteiger partial charge < -0.3 is 9.88 Å². The highest BCUT2D eigenvalue weighted by Gasteiger charge is 2.25. The van der Waals surface area contributed by atoms with Gasteiger partial charge in [-0.15, -0.1) is 0 Å². The van der Waals surface area contributed by atoms with Crippen molar-refractivity contribution in [3.05, 3.63) is 40.9 Å². The first-order valence-corrected chi connectivity index (χ1v) is 10.2. The van der Waals surface area contributed by atoms with E-state index < -0.39 is 10.0 Å². The summed E-state index contributed by atoms with van der Waals surface area (Å²) < 4.78 is 24.7. The number of fused-ring (bicyclic) bond motifs is 1. The van der Waals surface area contributed by atoms with Crippen LogP contribution >= 0.6 is 11.3 Å². The fourth-order valence-corrected chi connectivity index (χ4v) is 4.87. The van der Waals surface area contributed by atoms with E-state index in [-0.39, 0.29) is 15.9 Å². The second kappa shape index (κ2) is 5.97. The van der Waals surface area contributed by atoms with Crippen LogP contribution in [0.1, 0.15) is 18.9 Å². The molecule has 3 heterocycles. The quantitative estimate of drug-likeness (QED) is 0.711. The molecule has 8 nitrogen and oxygen atoms in total. The Hall–Kier alpha value is -2.17. The highest BCUT2D eigenvalue weighted by atomic mass is 32.2. The van der Waals surface area contributed by atoms with Crippen molar-refractivity contribution in [3.8, 4) is 0 Å². The maximum atomic E-state index is 12.3. The molecule has 1 aromatic carbocycles. The van der Waals surface area contributed by atoms with E-state index in [0.29, 0.717) is 18.2 Å². The highest BCUT2D eigenvalue weighted by molar-refractivity contribution is 7.91. The Labute approximate surface area is 148 Å². The molecule has 1 fully saturated rings. The van der Waals surface area contributed by atoms with E-state index in [4.69, 9.17) is 5.14 Å². The summed E-state index contributed by atoms with van der Waals surface area (Å²) in [5.41, 5.74) is 1.66. The number of aromatic amines is 1. The summed E-state index contributed by atoms with van der Waals surface area (Å²) in [6, 6.07) is 7.77. The van der Waals surface area contributed by atoms with Crippen LogP contribution in [-0.2, 0) is 10.0 Å². The topological polar surface area (TPSA) is 114 Å². The predicted octanol–water partition coefficient (Wildman–Crippen LogP) is 1.27. The van der Waals surface area contributed by atoms with Crippen LogP contribution in [0.2, 0.25) is 0 Å². The van der Waals surface area contributed by atoms with Crippen molar-refractivity contribution in [3.63, 3.8) is 0 Å². The van der Waals surface area contributed by atoms with E-state index in [2.05, 4.69) is 9.97 Å². The van der Waals surface area contributed by atoms with Crippen molar-refractivity contribution in [2.75, 3.05) is 18.0 Å². The van der Waals surface area contributed by atoms with Gasteiger partial charge >= 0.3 is 5.69 Å². The zero-order valence-corrected chi connectivity index (χ0v) is 14.9. The summed E-state index contributed by atoms with van der Waals surface area (Å²) in [4.78, 5) is 21.4. The standard InChI is InChI=1S/C15H17N5O3S2/c16-25(22,23)13-9-17-15(24-13)19-7-5-10(6-8-19)20-12-4-2-1-3-11(12)18-14(20)21/h1-4,9-10H,5-8H2,(H,18,21)(H2,16,22,23). The Morgan fingerprint density at radius 3 is 2.64 bits per heavy atom. The van der Waals surface area contributed by atoms with Gasteiger partial charge in [0.2, 0.25) is 10.0 Å². The number of aromatic nitrogens is 3. The molecular weight excluding hydrogens is 362 g/mol. The van der Waals surface area contributed by atoms with Crippen LogP contribution in [0, 0.1) is 0 Å². The Kier molecular flexibility index (Phi) is 3.89. The largest absolute Gasteiger partial charge is 0.348 e. The van der Waals surface area contributed by atoms with E-state index in [1.54, 1.807) is 0 Å². The van der Waals surface area contributed by atoms with E-state index in [1.807, 2.05) is 33.7 Å². The van der Waals surface area contributed by atoms with E-state index in [9.17, 15) is 13.2 Å². The Morgan fingerprint density at radius 2 is 1.96 bits per heavy atom. The first-order valence-electron chi connectivity index (χ1n) is 7.86. The van der Waals surface area contributed by atoms with Gasteiger partial charge in [0.25, 0.3) is 0 Å². The van der Waals surface area contributed by atoms with Gasteiger partial charge in [-0.1, -0.05) is 23.5 Å². The molecule has 0 radical (unpaired) electrons. The van der Waals surface area contributed by atoms with Crippen molar-refractivity contribution < 1.29 is 8.42 Å².